The molecule has 146 valence electrons. The predicted octanol–water partition coefficient (Wildman–Crippen LogP) is 4.02. The fourth-order valence-electron chi connectivity index (χ4n) is 2.57. The quantitative estimate of drug-likeness (QED) is 0.280. The van der Waals surface area contributed by atoms with Crippen molar-refractivity contribution in [1.82, 2.24) is 15.1 Å². The molecule has 2 N–H and O–H groups in total. The summed E-state index contributed by atoms with van der Waals surface area (Å²) in [7, 11) is 0. The average Bonchev–Trinajstić information content (AvgIpc) is 3.11. The van der Waals surface area contributed by atoms with E-state index in [1.807, 2.05) is 30.3 Å². The highest BCUT2D eigenvalue weighted by atomic mass is 32.1. The second-order valence-corrected chi connectivity index (χ2v) is 6.40. The number of aromatic nitrogens is 2. The highest BCUT2D eigenvalue weighted by molar-refractivity contribution is 7.80. The summed E-state index contributed by atoms with van der Waals surface area (Å²) in [5.74, 6) is -6.04. The monoisotopic (exact) mass is 408 g/mol. The van der Waals surface area contributed by atoms with Crippen molar-refractivity contribution >= 4 is 23.0 Å². The molecule has 0 saturated carbocycles. The molecule has 3 rings (SSSR count). The van der Waals surface area contributed by atoms with Gasteiger partial charge in [0, 0.05) is 24.4 Å². The SMILES string of the molecule is Fc1cc(F)c(Cn2cc(NC(=S)NCCc3ccccc3)cn2)c(F)c1F. The molecule has 1 heterocycles. The molecule has 0 radical (unpaired) electrons. The van der Waals surface area contributed by atoms with Gasteiger partial charge in [0.1, 0.15) is 5.82 Å². The molecule has 0 aliphatic carbocycles. The highest BCUT2D eigenvalue weighted by Gasteiger charge is 2.19. The zero-order valence-corrected chi connectivity index (χ0v) is 15.4. The summed E-state index contributed by atoms with van der Waals surface area (Å²) in [5, 5.41) is 10.2. The summed E-state index contributed by atoms with van der Waals surface area (Å²) < 4.78 is 55.0. The van der Waals surface area contributed by atoms with E-state index in [1.165, 1.54) is 22.6 Å². The van der Waals surface area contributed by atoms with Crippen LogP contribution in [-0.4, -0.2) is 21.4 Å². The Bertz CT molecular complexity index is 976. The number of rotatable bonds is 6. The Balaban J connectivity index is 1.56. The highest BCUT2D eigenvalue weighted by Crippen LogP contribution is 2.20. The summed E-state index contributed by atoms with van der Waals surface area (Å²) in [6, 6.07) is 10.2. The lowest BCUT2D eigenvalue weighted by Crippen LogP contribution is -2.30. The van der Waals surface area contributed by atoms with E-state index >= 15 is 0 Å². The second-order valence-electron chi connectivity index (χ2n) is 5.99. The van der Waals surface area contributed by atoms with Gasteiger partial charge in [0.15, 0.2) is 22.6 Å². The number of thiocarbonyl (C=S) groups is 1. The maximum atomic E-state index is 13.8. The maximum absolute atomic E-state index is 13.8. The normalized spacial score (nSPS) is 10.7. The number of hydrogen-bond donors (Lipinski definition) is 2. The van der Waals surface area contributed by atoms with Gasteiger partial charge in [-0.2, -0.15) is 5.10 Å². The van der Waals surface area contributed by atoms with Crippen LogP contribution in [0.1, 0.15) is 11.1 Å². The van der Waals surface area contributed by atoms with E-state index in [0.717, 1.165) is 6.42 Å². The standard InChI is InChI=1S/C19H16F4N4S/c20-15-8-16(21)18(23)17(22)14(15)11-27-10-13(9-25-27)26-19(28)24-7-6-12-4-2-1-3-5-12/h1-5,8-10H,6-7,11H2,(H2,24,26,28). The van der Waals surface area contributed by atoms with E-state index in [0.29, 0.717) is 23.4 Å². The number of hydrogen-bond acceptors (Lipinski definition) is 2. The van der Waals surface area contributed by atoms with E-state index < -0.39 is 35.4 Å². The summed E-state index contributed by atoms with van der Waals surface area (Å²) in [6.07, 6.45) is 3.64. The Morgan fingerprint density at radius 2 is 1.79 bits per heavy atom. The minimum atomic E-state index is -1.72. The van der Waals surface area contributed by atoms with Gasteiger partial charge in [-0.15, -0.1) is 0 Å². The molecule has 0 fully saturated rings. The Hall–Kier alpha value is -2.94. The minimum absolute atomic E-state index is 0.308. The lowest BCUT2D eigenvalue weighted by atomic mass is 10.1. The van der Waals surface area contributed by atoms with Gasteiger partial charge in [0.2, 0.25) is 0 Å². The molecular formula is C19H16F4N4S. The molecule has 28 heavy (non-hydrogen) atoms. The van der Waals surface area contributed by atoms with Crippen LogP contribution in [0.15, 0.2) is 48.8 Å². The molecule has 0 unspecified atom stereocenters. The Labute approximate surface area is 164 Å². The largest absolute Gasteiger partial charge is 0.362 e. The van der Waals surface area contributed by atoms with Gasteiger partial charge in [0.25, 0.3) is 0 Å². The molecule has 0 bridgehead atoms. The summed E-state index contributed by atoms with van der Waals surface area (Å²) in [6.45, 7) is 0.222. The first-order chi connectivity index (χ1) is 13.4. The van der Waals surface area contributed by atoms with Crippen molar-refractivity contribution in [3.63, 3.8) is 0 Å². The second kappa shape index (κ2) is 8.83. The molecule has 1 aromatic heterocycles. The minimum Gasteiger partial charge on any atom is -0.362 e. The van der Waals surface area contributed by atoms with Gasteiger partial charge < -0.3 is 10.6 Å². The number of anilines is 1. The summed E-state index contributed by atoms with van der Waals surface area (Å²) >= 11 is 5.19. The fourth-order valence-corrected chi connectivity index (χ4v) is 2.79. The van der Waals surface area contributed by atoms with Crippen molar-refractivity contribution in [3.05, 3.63) is 83.2 Å². The predicted molar refractivity (Wildman–Crippen MR) is 102 cm³/mol. The number of halogens is 4. The van der Waals surface area contributed by atoms with Crippen LogP contribution in [0.25, 0.3) is 0 Å². The van der Waals surface area contributed by atoms with Crippen LogP contribution >= 0.6 is 12.2 Å². The van der Waals surface area contributed by atoms with Crippen LogP contribution < -0.4 is 10.6 Å². The van der Waals surface area contributed by atoms with Gasteiger partial charge in [-0.25, -0.2) is 17.6 Å². The van der Waals surface area contributed by atoms with E-state index in [9.17, 15) is 17.6 Å². The Morgan fingerprint density at radius 3 is 2.54 bits per heavy atom. The molecule has 0 aliphatic heterocycles. The van der Waals surface area contributed by atoms with E-state index in [1.54, 1.807) is 0 Å². The average molecular weight is 408 g/mol. The van der Waals surface area contributed by atoms with E-state index in [4.69, 9.17) is 12.2 Å². The molecule has 0 spiro atoms. The third kappa shape index (κ3) is 4.86. The molecule has 0 saturated heterocycles. The van der Waals surface area contributed by atoms with Crippen molar-refractivity contribution in [3.8, 4) is 0 Å². The summed E-state index contributed by atoms with van der Waals surface area (Å²) in [4.78, 5) is 0. The van der Waals surface area contributed by atoms with Crippen molar-refractivity contribution in [1.29, 1.82) is 0 Å². The molecule has 2 aromatic carbocycles. The number of nitrogens with zero attached hydrogens (tertiary/aromatic N) is 2. The van der Waals surface area contributed by atoms with E-state index in [2.05, 4.69) is 15.7 Å². The van der Waals surface area contributed by atoms with Crippen molar-refractivity contribution in [2.75, 3.05) is 11.9 Å². The van der Waals surface area contributed by atoms with Gasteiger partial charge in [-0.05, 0) is 24.2 Å². The van der Waals surface area contributed by atoms with Crippen molar-refractivity contribution < 1.29 is 17.6 Å². The van der Waals surface area contributed by atoms with Crippen LogP contribution in [0.3, 0.4) is 0 Å². The van der Waals surface area contributed by atoms with Crippen LogP contribution in [-0.2, 0) is 13.0 Å². The fraction of sp³-hybridized carbons (Fsp3) is 0.158. The first-order valence-corrected chi connectivity index (χ1v) is 8.78. The van der Waals surface area contributed by atoms with Crippen molar-refractivity contribution in [2.24, 2.45) is 0 Å². The first kappa shape index (κ1) is 19.8. The molecule has 0 aliphatic rings. The smallest absolute Gasteiger partial charge is 0.194 e. The van der Waals surface area contributed by atoms with Crippen LogP contribution in [0.5, 0.6) is 0 Å². The maximum Gasteiger partial charge on any atom is 0.194 e. The molecular weight excluding hydrogens is 392 g/mol. The molecule has 4 nitrogen and oxygen atoms in total. The lowest BCUT2D eigenvalue weighted by molar-refractivity contribution is 0.420. The zero-order chi connectivity index (χ0) is 20.1. The van der Waals surface area contributed by atoms with Crippen molar-refractivity contribution in [2.45, 2.75) is 13.0 Å². The molecule has 0 amide bonds. The molecule has 0 atom stereocenters. The Kier molecular flexibility index (Phi) is 6.25. The van der Waals surface area contributed by atoms with Crippen LogP contribution in [0.2, 0.25) is 0 Å². The van der Waals surface area contributed by atoms with E-state index in [-0.39, 0.29) is 0 Å². The Morgan fingerprint density at radius 1 is 1.04 bits per heavy atom. The van der Waals surface area contributed by atoms with Crippen LogP contribution in [0.4, 0.5) is 23.2 Å². The van der Waals surface area contributed by atoms with Gasteiger partial charge in [-0.1, -0.05) is 30.3 Å². The third-order valence-electron chi connectivity index (χ3n) is 3.96. The lowest BCUT2D eigenvalue weighted by Gasteiger charge is -2.09. The van der Waals surface area contributed by atoms with Gasteiger partial charge >= 0.3 is 0 Å². The number of nitrogens with one attached hydrogen (secondary N) is 2. The van der Waals surface area contributed by atoms with Crippen LogP contribution in [0, 0.1) is 23.3 Å². The van der Waals surface area contributed by atoms with Gasteiger partial charge in [0.05, 0.1) is 18.4 Å². The zero-order valence-electron chi connectivity index (χ0n) is 14.6. The first-order valence-electron chi connectivity index (χ1n) is 8.37. The molecule has 3 aromatic rings. The third-order valence-corrected chi connectivity index (χ3v) is 4.21. The molecule has 9 heteroatoms. The summed E-state index contributed by atoms with van der Waals surface area (Å²) in [5.41, 5.74) is 1.04. The van der Waals surface area contributed by atoms with Gasteiger partial charge in [-0.3, -0.25) is 4.68 Å². The number of benzene rings is 2. The topological polar surface area (TPSA) is 41.9 Å².